The predicted octanol–water partition coefficient (Wildman–Crippen LogP) is 5.97. The Morgan fingerprint density at radius 3 is 2.37 bits per heavy atom. The number of nitro groups is 2. The van der Waals surface area contributed by atoms with Crippen LogP contribution < -0.4 is 14.2 Å². The highest BCUT2D eigenvalue weighted by Gasteiger charge is 2.18. The van der Waals surface area contributed by atoms with E-state index in [-0.39, 0.29) is 33.5 Å². The molecule has 0 radical (unpaired) electrons. The summed E-state index contributed by atoms with van der Waals surface area (Å²) in [5.41, 5.74) is -0.0563. The summed E-state index contributed by atoms with van der Waals surface area (Å²) in [7, 11) is 1.38. The van der Waals surface area contributed by atoms with Gasteiger partial charge in [0.1, 0.15) is 5.75 Å². The van der Waals surface area contributed by atoms with Gasteiger partial charge < -0.3 is 14.2 Å². The van der Waals surface area contributed by atoms with E-state index in [1.807, 2.05) is 0 Å². The molecule has 3 aromatic carbocycles. The number of hydrogen-bond acceptors (Lipinski definition) is 8. The lowest BCUT2D eigenvalue weighted by Crippen LogP contribution is -2.18. The second kappa shape index (κ2) is 11.3. The van der Waals surface area contributed by atoms with E-state index in [1.165, 1.54) is 43.5 Å². The van der Waals surface area contributed by atoms with Crippen molar-refractivity contribution >= 4 is 52.7 Å². The van der Waals surface area contributed by atoms with Crippen LogP contribution in [0.3, 0.4) is 0 Å². The SMILES string of the molecule is COc1cc(/C=C/c2ccc([N+](=O)[O-])cc2[N+](=O)[O-])ccc1OC(=O)COc1cc(Cl)ccc1Cl. The fourth-order valence-electron chi connectivity index (χ4n) is 2.88. The van der Waals surface area contributed by atoms with E-state index < -0.39 is 28.1 Å². The number of esters is 1. The molecule has 0 fully saturated rings. The van der Waals surface area contributed by atoms with Gasteiger partial charge in [0.05, 0.1) is 33.6 Å². The molecule has 3 rings (SSSR count). The van der Waals surface area contributed by atoms with Gasteiger partial charge in [0.25, 0.3) is 11.4 Å². The molecule has 0 aliphatic rings. The Labute approximate surface area is 208 Å². The van der Waals surface area contributed by atoms with E-state index in [9.17, 15) is 25.0 Å². The molecule has 0 N–H and O–H groups in total. The summed E-state index contributed by atoms with van der Waals surface area (Å²) in [5.74, 6) is -0.149. The second-order valence-corrected chi connectivity index (χ2v) is 7.68. The van der Waals surface area contributed by atoms with Crippen molar-refractivity contribution in [1.82, 2.24) is 0 Å². The first-order valence-corrected chi connectivity index (χ1v) is 10.5. The zero-order chi connectivity index (χ0) is 25.5. The Balaban J connectivity index is 1.73. The fourth-order valence-corrected chi connectivity index (χ4v) is 3.21. The summed E-state index contributed by atoms with van der Waals surface area (Å²) in [6.45, 7) is -0.436. The molecule has 0 aliphatic carbocycles. The van der Waals surface area contributed by atoms with E-state index >= 15 is 0 Å². The van der Waals surface area contributed by atoms with Gasteiger partial charge in [-0.15, -0.1) is 0 Å². The number of carbonyl (C=O) groups excluding carboxylic acids is 1. The number of hydrogen-bond donors (Lipinski definition) is 0. The van der Waals surface area contributed by atoms with Crippen LogP contribution in [0.5, 0.6) is 17.2 Å². The standard InChI is InChI=1S/C23H16Cl2N2O8/c1-33-22-10-14(2-4-15-5-7-17(26(29)30)12-19(15)27(31)32)3-9-20(22)35-23(28)13-34-21-11-16(24)6-8-18(21)25/h2-12H,13H2,1H3/b4-2+. The maximum Gasteiger partial charge on any atom is 0.349 e. The zero-order valence-electron chi connectivity index (χ0n) is 18.0. The Morgan fingerprint density at radius 2 is 1.69 bits per heavy atom. The largest absolute Gasteiger partial charge is 0.493 e. The number of non-ortho nitro benzene ring substituents is 1. The van der Waals surface area contributed by atoms with Crippen LogP contribution in [-0.2, 0) is 4.79 Å². The summed E-state index contributed by atoms with van der Waals surface area (Å²) in [6.07, 6.45) is 2.98. The molecule has 0 saturated heterocycles. The van der Waals surface area contributed by atoms with Crippen LogP contribution in [0.4, 0.5) is 11.4 Å². The van der Waals surface area contributed by atoms with Crippen molar-refractivity contribution in [1.29, 1.82) is 0 Å². The minimum absolute atomic E-state index is 0.122. The maximum atomic E-state index is 12.2. The van der Waals surface area contributed by atoms with Crippen LogP contribution in [0.15, 0.2) is 54.6 Å². The summed E-state index contributed by atoms with van der Waals surface area (Å²) in [6, 6.07) is 12.5. The zero-order valence-corrected chi connectivity index (χ0v) is 19.5. The number of benzene rings is 3. The van der Waals surface area contributed by atoms with Crippen LogP contribution in [0, 0.1) is 20.2 Å². The lowest BCUT2D eigenvalue weighted by atomic mass is 10.1. The predicted molar refractivity (Wildman–Crippen MR) is 129 cm³/mol. The first-order chi connectivity index (χ1) is 16.7. The second-order valence-electron chi connectivity index (χ2n) is 6.84. The van der Waals surface area contributed by atoms with Gasteiger partial charge in [0.15, 0.2) is 18.1 Å². The molecule has 0 atom stereocenters. The minimum atomic E-state index is -0.718. The van der Waals surface area contributed by atoms with Crippen molar-refractivity contribution in [2.24, 2.45) is 0 Å². The number of halogens is 2. The highest BCUT2D eigenvalue weighted by atomic mass is 35.5. The molecule has 10 nitrogen and oxygen atoms in total. The third-order valence-corrected chi connectivity index (χ3v) is 5.07. The normalized spacial score (nSPS) is 10.7. The molecule has 35 heavy (non-hydrogen) atoms. The molecule has 0 spiro atoms. The topological polar surface area (TPSA) is 131 Å². The van der Waals surface area contributed by atoms with Gasteiger partial charge in [0.2, 0.25) is 0 Å². The Bertz CT molecular complexity index is 1330. The summed E-state index contributed by atoms with van der Waals surface area (Å²) in [4.78, 5) is 33.0. The smallest absolute Gasteiger partial charge is 0.349 e. The number of ether oxygens (including phenoxy) is 3. The maximum absolute atomic E-state index is 12.2. The van der Waals surface area contributed by atoms with Crippen molar-refractivity contribution in [3.05, 3.63) is 96.0 Å². The summed E-state index contributed by atoms with van der Waals surface area (Å²) >= 11 is 11.9. The number of nitrogens with zero attached hydrogens (tertiary/aromatic N) is 2. The molecular weight excluding hydrogens is 503 g/mol. The van der Waals surface area contributed by atoms with Crippen LogP contribution in [0.1, 0.15) is 11.1 Å². The van der Waals surface area contributed by atoms with Crippen LogP contribution in [-0.4, -0.2) is 29.5 Å². The monoisotopic (exact) mass is 518 g/mol. The van der Waals surface area contributed by atoms with Crippen LogP contribution >= 0.6 is 23.2 Å². The van der Waals surface area contributed by atoms with E-state index in [4.69, 9.17) is 37.4 Å². The fraction of sp³-hybridized carbons (Fsp3) is 0.0870. The van der Waals surface area contributed by atoms with Crippen LogP contribution in [0.2, 0.25) is 10.0 Å². The number of methoxy groups -OCH3 is 1. The van der Waals surface area contributed by atoms with Crippen molar-refractivity contribution in [3.63, 3.8) is 0 Å². The Morgan fingerprint density at radius 1 is 0.914 bits per heavy atom. The number of nitro benzene ring substituents is 2. The number of rotatable bonds is 9. The Kier molecular flexibility index (Phi) is 8.24. The van der Waals surface area contributed by atoms with Gasteiger partial charge in [-0.1, -0.05) is 35.3 Å². The van der Waals surface area contributed by atoms with Gasteiger partial charge in [-0.3, -0.25) is 20.2 Å². The molecule has 0 unspecified atom stereocenters. The molecule has 0 saturated carbocycles. The number of carbonyl (C=O) groups is 1. The molecule has 0 amide bonds. The van der Waals surface area contributed by atoms with Gasteiger partial charge in [-0.25, -0.2) is 4.79 Å². The molecule has 0 aromatic heterocycles. The molecule has 0 bridgehead atoms. The molecule has 180 valence electrons. The van der Waals surface area contributed by atoms with Gasteiger partial charge >= 0.3 is 5.97 Å². The van der Waals surface area contributed by atoms with Gasteiger partial charge in [-0.2, -0.15) is 0 Å². The lowest BCUT2D eigenvalue weighted by molar-refractivity contribution is -0.394. The minimum Gasteiger partial charge on any atom is -0.493 e. The summed E-state index contributed by atoms with van der Waals surface area (Å²) in [5, 5.41) is 22.8. The summed E-state index contributed by atoms with van der Waals surface area (Å²) < 4.78 is 15.9. The molecular formula is C23H16Cl2N2O8. The van der Waals surface area contributed by atoms with E-state index in [0.717, 1.165) is 6.07 Å². The van der Waals surface area contributed by atoms with E-state index in [1.54, 1.807) is 24.3 Å². The molecule has 12 heteroatoms. The highest BCUT2D eigenvalue weighted by molar-refractivity contribution is 6.34. The molecule has 0 heterocycles. The van der Waals surface area contributed by atoms with Crippen molar-refractivity contribution in [2.75, 3.05) is 13.7 Å². The lowest BCUT2D eigenvalue weighted by Gasteiger charge is -2.11. The molecule has 0 aliphatic heterocycles. The highest BCUT2D eigenvalue weighted by Crippen LogP contribution is 2.31. The quantitative estimate of drug-likeness (QED) is 0.111. The third-order valence-electron chi connectivity index (χ3n) is 4.53. The van der Waals surface area contributed by atoms with Gasteiger partial charge in [-0.05, 0) is 42.0 Å². The first kappa shape index (κ1) is 25.5. The van der Waals surface area contributed by atoms with Gasteiger partial charge in [0, 0.05) is 17.2 Å². The Hall–Kier alpha value is -4.15. The van der Waals surface area contributed by atoms with E-state index in [2.05, 4.69) is 0 Å². The van der Waals surface area contributed by atoms with E-state index in [0.29, 0.717) is 10.6 Å². The van der Waals surface area contributed by atoms with Crippen molar-refractivity contribution < 1.29 is 28.9 Å². The average Bonchev–Trinajstić information content (AvgIpc) is 2.83. The van der Waals surface area contributed by atoms with Crippen molar-refractivity contribution in [2.45, 2.75) is 0 Å². The van der Waals surface area contributed by atoms with Crippen LogP contribution in [0.25, 0.3) is 12.2 Å². The third kappa shape index (κ3) is 6.69. The van der Waals surface area contributed by atoms with Crippen molar-refractivity contribution in [3.8, 4) is 17.2 Å². The first-order valence-electron chi connectivity index (χ1n) is 9.75. The molecule has 3 aromatic rings. The average molecular weight is 519 g/mol.